The Morgan fingerprint density at radius 3 is 2.50 bits per heavy atom. The number of fused-ring (bicyclic) bond motifs is 1. The standard InChI is InChI=1S/C21H20N2O3/c1-22-20(24)15-8-6-14(7-9-15)13-23(17-10-11-17)21(25)19-12-16-4-2-3-5-18(16)26-19/h2-9,12,17H,10-11,13H2,1H3,(H,22,24). The van der Waals surface area contributed by atoms with E-state index in [9.17, 15) is 9.59 Å². The molecule has 5 heteroatoms. The Bertz CT molecular complexity index is 922. The number of nitrogens with one attached hydrogen (secondary N) is 1. The first kappa shape index (κ1) is 16.4. The third-order valence-corrected chi connectivity index (χ3v) is 4.68. The van der Waals surface area contributed by atoms with Crippen LogP contribution in [0.3, 0.4) is 0 Å². The van der Waals surface area contributed by atoms with Crippen LogP contribution in [0.5, 0.6) is 0 Å². The van der Waals surface area contributed by atoms with E-state index < -0.39 is 0 Å². The molecule has 5 nitrogen and oxygen atoms in total. The van der Waals surface area contributed by atoms with Gasteiger partial charge in [0.1, 0.15) is 5.58 Å². The van der Waals surface area contributed by atoms with Crippen LogP contribution in [0, 0.1) is 0 Å². The molecule has 132 valence electrons. The summed E-state index contributed by atoms with van der Waals surface area (Å²) < 4.78 is 5.75. The second-order valence-electron chi connectivity index (χ2n) is 6.59. The van der Waals surface area contributed by atoms with E-state index in [1.807, 2.05) is 47.4 Å². The Kier molecular flexibility index (Phi) is 4.21. The molecule has 1 aliphatic rings. The summed E-state index contributed by atoms with van der Waals surface area (Å²) in [4.78, 5) is 26.5. The SMILES string of the molecule is CNC(=O)c1ccc(CN(C(=O)c2cc3ccccc3o2)C2CC2)cc1. The van der Waals surface area contributed by atoms with Crippen LogP contribution in [-0.4, -0.2) is 29.8 Å². The van der Waals surface area contributed by atoms with Crippen molar-refractivity contribution in [3.05, 3.63) is 71.5 Å². The molecule has 3 aromatic rings. The molecule has 0 unspecified atom stereocenters. The number of amides is 2. The first-order valence-electron chi connectivity index (χ1n) is 8.76. The van der Waals surface area contributed by atoms with Crippen molar-refractivity contribution in [3.8, 4) is 0 Å². The van der Waals surface area contributed by atoms with Crippen LogP contribution in [0.2, 0.25) is 0 Å². The van der Waals surface area contributed by atoms with Gasteiger partial charge in [-0.25, -0.2) is 0 Å². The number of para-hydroxylation sites is 1. The monoisotopic (exact) mass is 348 g/mol. The molecule has 0 atom stereocenters. The lowest BCUT2D eigenvalue weighted by Crippen LogP contribution is -2.32. The van der Waals surface area contributed by atoms with Crippen molar-refractivity contribution in [1.29, 1.82) is 0 Å². The number of rotatable bonds is 5. The number of nitrogens with zero attached hydrogens (tertiary/aromatic N) is 1. The fourth-order valence-electron chi connectivity index (χ4n) is 3.08. The lowest BCUT2D eigenvalue weighted by Gasteiger charge is -2.21. The molecule has 2 amide bonds. The summed E-state index contributed by atoms with van der Waals surface area (Å²) in [6, 6.07) is 17.1. The van der Waals surface area contributed by atoms with E-state index in [2.05, 4.69) is 5.32 Å². The maximum absolute atomic E-state index is 13.0. The average Bonchev–Trinajstić information content (AvgIpc) is 3.43. The number of carbonyl (C=O) groups excluding carboxylic acids is 2. The highest BCUT2D eigenvalue weighted by Crippen LogP contribution is 2.31. The molecule has 1 saturated carbocycles. The van der Waals surface area contributed by atoms with Gasteiger partial charge in [-0.05, 0) is 42.7 Å². The molecule has 2 aromatic carbocycles. The zero-order valence-corrected chi connectivity index (χ0v) is 14.6. The number of benzene rings is 2. The van der Waals surface area contributed by atoms with Crippen molar-refractivity contribution in [3.63, 3.8) is 0 Å². The minimum absolute atomic E-state index is 0.0842. The van der Waals surface area contributed by atoms with Gasteiger partial charge in [-0.2, -0.15) is 0 Å². The summed E-state index contributed by atoms with van der Waals surface area (Å²) in [5.41, 5.74) is 2.33. The molecule has 1 fully saturated rings. The third-order valence-electron chi connectivity index (χ3n) is 4.68. The maximum Gasteiger partial charge on any atom is 0.290 e. The first-order chi connectivity index (χ1) is 12.7. The molecule has 0 radical (unpaired) electrons. The lowest BCUT2D eigenvalue weighted by molar-refractivity contribution is 0.0699. The molecule has 26 heavy (non-hydrogen) atoms. The number of furan rings is 1. The van der Waals surface area contributed by atoms with Crippen molar-refractivity contribution < 1.29 is 14.0 Å². The molecule has 0 spiro atoms. The van der Waals surface area contributed by atoms with Crippen LogP contribution in [0.25, 0.3) is 11.0 Å². The fraction of sp³-hybridized carbons (Fsp3) is 0.238. The lowest BCUT2D eigenvalue weighted by atomic mass is 10.1. The zero-order chi connectivity index (χ0) is 18.1. The molecule has 1 aromatic heterocycles. The van der Waals surface area contributed by atoms with E-state index in [0.29, 0.717) is 17.9 Å². The van der Waals surface area contributed by atoms with Crippen LogP contribution in [0.4, 0.5) is 0 Å². The Balaban J connectivity index is 1.55. The first-order valence-corrected chi connectivity index (χ1v) is 8.76. The Labute approximate surface area is 151 Å². The van der Waals surface area contributed by atoms with Crippen molar-refractivity contribution in [2.24, 2.45) is 0 Å². The van der Waals surface area contributed by atoms with E-state index >= 15 is 0 Å². The van der Waals surface area contributed by atoms with Gasteiger partial charge in [0.15, 0.2) is 5.76 Å². The van der Waals surface area contributed by atoms with Crippen molar-refractivity contribution >= 4 is 22.8 Å². The van der Waals surface area contributed by atoms with Gasteiger partial charge >= 0.3 is 0 Å². The molecular weight excluding hydrogens is 328 g/mol. The summed E-state index contributed by atoms with van der Waals surface area (Å²) in [6.07, 6.45) is 2.03. The minimum Gasteiger partial charge on any atom is -0.451 e. The molecule has 1 heterocycles. The minimum atomic E-state index is -0.117. The quantitative estimate of drug-likeness (QED) is 0.766. The molecular formula is C21H20N2O3. The summed E-state index contributed by atoms with van der Waals surface area (Å²) in [5.74, 6) is 0.174. The third kappa shape index (κ3) is 3.20. The Morgan fingerprint density at radius 2 is 1.85 bits per heavy atom. The van der Waals surface area contributed by atoms with Crippen LogP contribution in [0.15, 0.2) is 59.0 Å². The van der Waals surface area contributed by atoms with Gasteiger partial charge in [0.25, 0.3) is 11.8 Å². The van der Waals surface area contributed by atoms with E-state index in [0.717, 1.165) is 29.4 Å². The number of hydrogen-bond acceptors (Lipinski definition) is 3. The Hall–Kier alpha value is -3.08. The van der Waals surface area contributed by atoms with Gasteiger partial charge in [-0.1, -0.05) is 30.3 Å². The largest absolute Gasteiger partial charge is 0.451 e. The van der Waals surface area contributed by atoms with E-state index in [4.69, 9.17) is 4.42 Å². The van der Waals surface area contributed by atoms with Gasteiger partial charge < -0.3 is 14.6 Å². The van der Waals surface area contributed by atoms with Gasteiger partial charge in [0, 0.05) is 30.6 Å². The maximum atomic E-state index is 13.0. The van der Waals surface area contributed by atoms with Crippen molar-refractivity contribution in [2.75, 3.05) is 7.05 Å². The molecule has 0 saturated heterocycles. The highest BCUT2D eigenvalue weighted by Gasteiger charge is 2.34. The second kappa shape index (κ2) is 6.67. The summed E-state index contributed by atoms with van der Waals surface area (Å²) in [5, 5.41) is 3.54. The van der Waals surface area contributed by atoms with E-state index in [1.165, 1.54) is 0 Å². The Morgan fingerprint density at radius 1 is 1.12 bits per heavy atom. The second-order valence-corrected chi connectivity index (χ2v) is 6.59. The predicted molar refractivity (Wildman–Crippen MR) is 98.9 cm³/mol. The predicted octanol–water partition coefficient (Wildman–Crippen LogP) is 3.60. The van der Waals surface area contributed by atoms with Gasteiger partial charge in [-0.3, -0.25) is 9.59 Å². The van der Waals surface area contributed by atoms with E-state index in [1.54, 1.807) is 19.2 Å². The van der Waals surface area contributed by atoms with Crippen molar-refractivity contribution in [2.45, 2.75) is 25.4 Å². The van der Waals surface area contributed by atoms with Crippen LogP contribution in [0.1, 0.15) is 39.3 Å². The smallest absolute Gasteiger partial charge is 0.290 e. The van der Waals surface area contributed by atoms with Crippen LogP contribution < -0.4 is 5.32 Å². The molecule has 0 aliphatic heterocycles. The molecule has 1 N–H and O–H groups in total. The molecule has 1 aliphatic carbocycles. The van der Waals surface area contributed by atoms with Gasteiger partial charge in [-0.15, -0.1) is 0 Å². The number of carbonyl (C=O) groups is 2. The fourth-order valence-corrected chi connectivity index (χ4v) is 3.08. The van der Waals surface area contributed by atoms with Gasteiger partial charge in [0.05, 0.1) is 0 Å². The summed E-state index contributed by atoms with van der Waals surface area (Å²) in [6.45, 7) is 0.509. The van der Waals surface area contributed by atoms with Crippen LogP contribution >= 0.6 is 0 Å². The summed E-state index contributed by atoms with van der Waals surface area (Å²) >= 11 is 0. The summed E-state index contributed by atoms with van der Waals surface area (Å²) in [7, 11) is 1.61. The topological polar surface area (TPSA) is 62.6 Å². The average molecular weight is 348 g/mol. The van der Waals surface area contributed by atoms with Gasteiger partial charge in [0.2, 0.25) is 0 Å². The van der Waals surface area contributed by atoms with Crippen LogP contribution in [-0.2, 0) is 6.54 Å². The normalized spacial score (nSPS) is 13.6. The van der Waals surface area contributed by atoms with E-state index in [-0.39, 0.29) is 17.9 Å². The molecule has 0 bridgehead atoms. The highest BCUT2D eigenvalue weighted by molar-refractivity contribution is 5.96. The van der Waals surface area contributed by atoms with Crippen molar-refractivity contribution in [1.82, 2.24) is 10.2 Å². The number of hydrogen-bond donors (Lipinski definition) is 1. The zero-order valence-electron chi connectivity index (χ0n) is 14.6. The highest BCUT2D eigenvalue weighted by atomic mass is 16.3. The molecule has 4 rings (SSSR count).